The molecule has 0 aromatic rings. The number of carbonyl (C=O) groups excluding carboxylic acids is 1. The van der Waals surface area contributed by atoms with Crippen molar-refractivity contribution in [2.75, 3.05) is 26.2 Å². The highest BCUT2D eigenvalue weighted by atomic mass is 16.5. The second-order valence-corrected chi connectivity index (χ2v) is 7.95. The molecule has 1 amide bonds. The molecule has 0 radical (unpaired) electrons. The van der Waals surface area contributed by atoms with Crippen LogP contribution in [0.15, 0.2) is 0 Å². The van der Waals surface area contributed by atoms with Crippen LogP contribution in [0.3, 0.4) is 0 Å². The third-order valence-electron chi connectivity index (χ3n) is 5.24. The zero-order valence-corrected chi connectivity index (χ0v) is 15.5. The molecule has 2 heterocycles. The number of amides is 1. The molecule has 5 heteroatoms. The molecule has 0 bridgehead atoms. The number of hydrogen-bond acceptors (Lipinski definition) is 4. The van der Waals surface area contributed by atoms with E-state index in [-0.39, 0.29) is 30.2 Å². The Morgan fingerprint density at radius 2 is 1.74 bits per heavy atom. The van der Waals surface area contributed by atoms with Gasteiger partial charge in [0.2, 0.25) is 5.91 Å². The Morgan fingerprint density at radius 1 is 1.13 bits per heavy atom. The number of ether oxygens (including phenoxy) is 1. The summed E-state index contributed by atoms with van der Waals surface area (Å²) < 4.78 is 5.84. The summed E-state index contributed by atoms with van der Waals surface area (Å²) in [7, 11) is 0. The molecule has 0 aromatic carbocycles. The summed E-state index contributed by atoms with van der Waals surface area (Å²) in [4.78, 5) is 17.6. The van der Waals surface area contributed by atoms with Crippen LogP contribution >= 0.6 is 0 Å². The highest BCUT2D eigenvalue weighted by Gasteiger charge is 2.37. The topological polar surface area (TPSA) is 58.8 Å². The van der Waals surface area contributed by atoms with E-state index < -0.39 is 0 Å². The molecule has 0 aliphatic carbocycles. The molecule has 2 saturated heterocycles. The van der Waals surface area contributed by atoms with Crippen molar-refractivity contribution in [1.29, 1.82) is 0 Å². The van der Waals surface area contributed by atoms with Gasteiger partial charge in [-0.15, -0.1) is 0 Å². The zero-order chi connectivity index (χ0) is 17.1. The van der Waals surface area contributed by atoms with Crippen LogP contribution in [-0.2, 0) is 9.53 Å². The second kappa shape index (κ2) is 7.95. The third kappa shape index (κ3) is 4.68. The van der Waals surface area contributed by atoms with E-state index in [0.29, 0.717) is 11.8 Å². The van der Waals surface area contributed by atoms with Crippen LogP contribution in [0, 0.1) is 11.8 Å². The maximum Gasteiger partial charge on any atom is 0.240 e. The van der Waals surface area contributed by atoms with Gasteiger partial charge in [0.15, 0.2) is 0 Å². The number of carbonyl (C=O) groups is 1. The lowest BCUT2D eigenvalue weighted by atomic mass is 9.90. The summed E-state index contributed by atoms with van der Waals surface area (Å²) in [6.07, 6.45) is 2.58. The molecule has 2 aliphatic heterocycles. The van der Waals surface area contributed by atoms with Crippen LogP contribution < -0.4 is 5.73 Å². The lowest BCUT2D eigenvalue weighted by molar-refractivity contribution is -0.147. The summed E-state index contributed by atoms with van der Waals surface area (Å²) in [6, 6.07) is 0.113. The van der Waals surface area contributed by atoms with Crippen molar-refractivity contribution in [3.8, 4) is 0 Å². The molecule has 2 fully saturated rings. The van der Waals surface area contributed by atoms with Gasteiger partial charge in [0, 0.05) is 32.2 Å². The van der Waals surface area contributed by atoms with Gasteiger partial charge in [-0.25, -0.2) is 0 Å². The van der Waals surface area contributed by atoms with Gasteiger partial charge >= 0.3 is 0 Å². The Balaban J connectivity index is 2.09. The number of morpholine rings is 1. The molecular formula is C18H35N3O2. The standard InChI is InChI=1S/C18H35N3O2/c1-12(2)17(21-9-13(3)23-14(4)10-21)18(22)20-8-6-7-16(11-20)15(5)19/h12-17H,6-11,19H2,1-5H3. The Kier molecular flexibility index (Phi) is 6.46. The molecule has 2 rings (SSSR count). The minimum Gasteiger partial charge on any atom is -0.373 e. The monoisotopic (exact) mass is 325 g/mol. The van der Waals surface area contributed by atoms with Gasteiger partial charge in [0.05, 0.1) is 18.2 Å². The molecule has 134 valence electrons. The number of rotatable bonds is 4. The van der Waals surface area contributed by atoms with Crippen molar-refractivity contribution in [1.82, 2.24) is 9.80 Å². The predicted octanol–water partition coefficient (Wildman–Crippen LogP) is 1.71. The summed E-state index contributed by atoms with van der Waals surface area (Å²) in [5, 5.41) is 0. The normalized spacial score (nSPS) is 32.8. The molecule has 0 spiro atoms. The molecular weight excluding hydrogens is 290 g/mol. The molecule has 5 unspecified atom stereocenters. The number of piperidine rings is 1. The van der Waals surface area contributed by atoms with Crippen LogP contribution in [0.2, 0.25) is 0 Å². The van der Waals surface area contributed by atoms with Crippen molar-refractivity contribution in [3.05, 3.63) is 0 Å². The number of hydrogen-bond donors (Lipinski definition) is 1. The molecule has 5 atom stereocenters. The molecule has 0 saturated carbocycles. The fourth-order valence-electron chi connectivity index (χ4n) is 4.13. The molecule has 23 heavy (non-hydrogen) atoms. The van der Waals surface area contributed by atoms with E-state index in [1.54, 1.807) is 0 Å². The van der Waals surface area contributed by atoms with Gasteiger partial charge in [0.1, 0.15) is 0 Å². The van der Waals surface area contributed by atoms with E-state index in [1.165, 1.54) is 0 Å². The SMILES string of the molecule is CC1CN(C(C(=O)N2CCCC(C(C)N)C2)C(C)C)CC(C)O1. The van der Waals surface area contributed by atoms with Crippen LogP contribution in [0.4, 0.5) is 0 Å². The Hall–Kier alpha value is -0.650. The van der Waals surface area contributed by atoms with E-state index in [2.05, 4.69) is 44.4 Å². The van der Waals surface area contributed by atoms with Crippen molar-refractivity contribution in [2.45, 2.75) is 71.8 Å². The minimum atomic E-state index is -0.0457. The highest BCUT2D eigenvalue weighted by Crippen LogP contribution is 2.24. The Labute approximate surface area is 141 Å². The number of nitrogens with zero attached hydrogens (tertiary/aromatic N) is 2. The van der Waals surface area contributed by atoms with Crippen molar-refractivity contribution >= 4 is 5.91 Å². The summed E-state index contributed by atoms with van der Waals surface area (Å²) in [5.74, 6) is 1.02. The first-order valence-electron chi connectivity index (χ1n) is 9.23. The van der Waals surface area contributed by atoms with Gasteiger partial charge in [-0.2, -0.15) is 0 Å². The lowest BCUT2D eigenvalue weighted by Crippen LogP contribution is -2.59. The maximum absolute atomic E-state index is 13.2. The first-order chi connectivity index (χ1) is 10.8. The van der Waals surface area contributed by atoms with Crippen LogP contribution in [0.5, 0.6) is 0 Å². The molecule has 2 N–H and O–H groups in total. The van der Waals surface area contributed by atoms with E-state index in [1.807, 2.05) is 0 Å². The summed E-state index contributed by atoms with van der Waals surface area (Å²) in [6.45, 7) is 13.9. The van der Waals surface area contributed by atoms with Crippen molar-refractivity contribution < 1.29 is 9.53 Å². The highest BCUT2D eigenvalue weighted by molar-refractivity contribution is 5.82. The van der Waals surface area contributed by atoms with Gasteiger partial charge in [-0.05, 0) is 45.4 Å². The van der Waals surface area contributed by atoms with Crippen LogP contribution in [0.25, 0.3) is 0 Å². The van der Waals surface area contributed by atoms with Crippen molar-refractivity contribution in [3.63, 3.8) is 0 Å². The Bertz CT molecular complexity index is 390. The molecule has 5 nitrogen and oxygen atoms in total. The average Bonchev–Trinajstić information content (AvgIpc) is 2.46. The zero-order valence-electron chi connectivity index (χ0n) is 15.5. The largest absolute Gasteiger partial charge is 0.373 e. The number of nitrogens with two attached hydrogens (primary N) is 1. The van der Waals surface area contributed by atoms with E-state index in [0.717, 1.165) is 39.0 Å². The quantitative estimate of drug-likeness (QED) is 0.855. The first kappa shape index (κ1) is 18.7. The molecule has 0 aromatic heterocycles. The number of likely N-dealkylation sites (tertiary alicyclic amines) is 1. The minimum absolute atomic E-state index is 0.0457. The van der Waals surface area contributed by atoms with Crippen molar-refractivity contribution in [2.24, 2.45) is 17.6 Å². The smallest absolute Gasteiger partial charge is 0.240 e. The fourth-order valence-corrected chi connectivity index (χ4v) is 4.13. The van der Waals surface area contributed by atoms with Crippen LogP contribution in [-0.4, -0.2) is 66.2 Å². The van der Waals surface area contributed by atoms with Gasteiger partial charge in [-0.1, -0.05) is 13.8 Å². The third-order valence-corrected chi connectivity index (χ3v) is 5.24. The average molecular weight is 325 g/mol. The predicted molar refractivity (Wildman–Crippen MR) is 93.2 cm³/mol. The lowest BCUT2D eigenvalue weighted by Gasteiger charge is -2.44. The molecule has 2 aliphatic rings. The van der Waals surface area contributed by atoms with E-state index >= 15 is 0 Å². The Morgan fingerprint density at radius 3 is 2.26 bits per heavy atom. The fraction of sp³-hybridized carbons (Fsp3) is 0.944. The first-order valence-corrected chi connectivity index (χ1v) is 9.23. The van der Waals surface area contributed by atoms with E-state index in [9.17, 15) is 4.79 Å². The summed E-state index contributed by atoms with van der Waals surface area (Å²) >= 11 is 0. The maximum atomic E-state index is 13.2. The van der Waals surface area contributed by atoms with Gasteiger partial charge < -0.3 is 15.4 Å². The van der Waals surface area contributed by atoms with Gasteiger partial charge in [0.25, 0.3) is 0 Å². The van der Waals surface area contributed by atoms with E-state index in [4.69, 9.17) is 10.5 Å². The van der Waals surface area contributed by atoms with Gasteiger partial charge in [-0.3, -0.25) is 9.69 Å². The summed E-state index contributed by atoms with van der Waals surface area (Å²) in [5.41, 5.74) is 6.08. The second-order valence-electron chi connectivity index (χ2n) is 7.95. The van der Waals surface area contributed by atoms with Crippen LogP contribution in [0.1, 0.15) is 47.5 Å².